The summed E-state index contributed by atoms with van der Waals surface area (Å²) in [4.78, 5) is 34.3. The van der Waals surface area contributed by atoms with Crippen molar-refractivity contribution in [3.63, 3.8) is 0 Å². The van der Waals surface area contributed by atoms with Crippen molar-refractivity contribution in [1.82, 2.24) is 0 Å². The maximum atomic E-state index is 12.1. The van der Waals surface area contributed by atoms with Crippen LogP contribution in [0.15, 0.2) is 36.4 Å². The molecule has 0 fully saturated rings. The van der Waals surface area contributed by atoms with Crippen LogP contribution in [0.5, 0.6) is 11.5 Å². The molecule has 0 saturated carbocycles. The van der Waals surface area contributed by atoms with Crippen LogP contribution in [-0.2, 0) is 9.53 Å². The molecule has 2 rings (SSSR count). The number of anilines is 1. The lowest BCUT2D eigenvalue weighted by molar-refractivity contribution is -0.385. The summed E-state index contributed by atoms with van der Waals surface area (Å²) in [6.07, 6.45) is 0. The molecule has 0 heterocycles. The molecule has 1 N–H and O–H groups in total. The molecule has 154 valence electrons. The average molecular weight is 410 g/mol. The van der Waals surface area contributed by atoms with Crippen LogP contribution in [0.4, 0.5) is 20.2 Å². The molecular formula is C18H16F2N2O7. The largest absolute Gasteiger partial charge is 0.490 e. The van der Waals surface area contributed by atoms with Crippen LogP contribution in [0, 0.1) is 17.0 Å². The molecule has 2 aromatic rings. The number of benzene rings is 2. The fourth-order valence-corrected chi connectivity index (χ4v) is 2.29. The van der Waals surface area contributed by atoms with Crippen LogP contribution in [0.1, 0.15) is 15.9 Å². The molecule has 9 nitrogen and oxygen atoms in total. The molecule has 0 radical (unpaired) electrons. The molecule has 11 heteroatoms. The minimum Gasteiger partial charge on any atom is -0.490 e. The van der Waals surface area contributed by atoms with Crippen LogP contribution >= 0.6 is 0 Å². The summed E-state index contributed by atoms with van der Waals surface area (Å²) >= 11 is 0. The minimum absolute atomic E-state index is 0.0348. The number of methoxy groups -OCH3 is 1. The van der Waals surface area contributed by atoms with Gasteiger partial charge in [0.15, 0.2) is 12.4 Å². The fourth-order valence-electron chi connectivity index (χ4n) is 2.29. The Hall–Kier alpha value is -3.76. The van der Waals surface area contributed by atoms with E-state index in [0.29, 0.717) is 5.56 Å². The zero-order valence-corrected chi connectivity index (χ0v) is 15.3. The molecule has 0 aliphatic carbocycles. The molecule has 0 bridgehead atoms. The van der Waals surface area contributed by atoms with E-state index in [1.54, 1.807) is 6.92 Å². The number of nitrogens with zero attached hydrogens (tertiary/aromatic N) is 1. The van der Waals surface area contributed by atoms with Crippen molar-refractivity contribution < 1.29 is 37.5 Å². The van der Waals surface area contributed by atoms with E-state index < -0.39 is 30.0 Å². The van der Waals surface area contributed by atoms with E-state index >= 15 is 0 Å². The second-order valence-corrected chi connectivity index (χ2v) is 5.62. The highest BCUT2D eigenvalue weighted by Crippen LogP contribution is 2.32. The molecule has 2 aromatic carbocycles. The Labute approximate surface area is 163 Å². The van der Waals surface area contributed by atoms with Gasteiger partial charge in [-0.05, 0) is 36.8 Å². The Morgan fingerprint density at radius 2 is 1.86 bits per heavy atom. The van der Waals surface area contributed by atoms with Crippen molar-refractivity contribution in [3.8, 4) is 11.5 Å². The lowest BCUT2D eigenvalue weighted by atomic mass is 10.1. The standard InChI is InChI=1S/C18H16F2N2O7/c1-10-7-14(22(25)26)15(27-2)8-13(10)21-16(23)9-28-17(24)11-3-5-12(6-4-11)29-18(19)20/h3-8,18H,9H2,1-2H3,(H,21,23). The van der Waals surface area contributed by atoms with Gasteiger partial charge >= 0.3 is 18.3 Å². The van der Waals surface area contributed by atoms with Crippen LogP contribution < -0.4 is 14.8 Å². The van der Waals surface area contributed by atoms with Crippen LogP contribution in [0.2, 0.25) is 0 Å². The van der Waals surface area contributed by atoms with Gasteiger partial charge in [0, 0.05) is 17.8 Å². The van der Waals surface area contributed by atoms with E-state index in [0.717, 1.165) is 12.1 Å². The van der Waals surface area contributed by atoms with Gasteiger partial charge in [0.05, 0.1) is 17.6 Å². The Morgan fingerprint density at radius 3 is 2.41 bits per heavy atom. The van der Waals surface area contributed by atoms with Crippen molar-refractivity contribution in [2.45, 2.75) is 13.5 Å². The molecule has 0 saturated heterocycles. The molecule has 0 aromatic heterocycles. The number of carbonyl (C=O) groups is 2. The number of ether oxygens (including phenoxy) is 3. The monoisotopic (exact) mass is 410 g/mol. The number of hydrogen-bond acceptors (Lipinski definition) is 7. The Balaban J connectivity index is 1.97. The maximum Gasteiger partial charge on any atom is 0.387 e. The summed E-state index contributed by atoms with van der Waals surface area (Å²) in [6.45, 7) is -2.07. The lowest BCUT2D eigenvalue weighted by Crippen LogP contribution is -2.21. The highest BCUT2D eigenvalue weighted by Gasteiger charge is 2.19. The number of aryl methyl sites for hydroxylation is 1. The number of alkyl halides is 2. The van der Waals surface area contributed by atoms with Gasteiger partial charge in [0.25, 0.3) is 5.91 Å². The van der Waals surface area contributed by atoms with Crippen molar-refractivity contribution in [2.75, 3.05) is 19.0 Å². The number of esters is 1. The van der Waals surface area contributed by atoms with Crippen molar-refractivity contribution in [2.24, 2.45) is 0 Å². The van der Waals surface area contributed by atoms with Crippen molar-refractivity contribution >= 4 is 23.3 Å². The van der Waals surface area contributed by atoms with Crippen LogP contribution in [0.25, 0.3) is 0 Å². The van der Waals surface area contributed by atoms with Gasteiger partial charge in [-0.15, -0.1) is 0 Å². The smallest absolute Gasteiger partial charge is 0.387 e. The molecule has 0 spiro atoms. The van der Waals surface area contributed by atoms with Crippen LogP contribution in [-0.4, -0.2) is 37.1 Å². The highest BCUT2D eigenvalue weighted by atomic mass is 19.3. The number of amides is 1. The van der Waals surface area contributed by atoms with Gasteiger partial charge < -0.3 is 19.5 Å². The Bertz CT molecular complexity index is 917. The molecular weight excluding hydrogens is 394 g/mol. The molecule has 29 heavy (non-hydrogen) atoms. The lowest BCUT2D eigenvalue weighted by Gasteiger charge is -2.11. The number of carbonyl (C=O) groups excluding carboxylic acids is 2. The van der Waals surface area contributed by atoms with E-state index in [1.807, 2.05) is 0 Å². The molecule has 0 atom stereocenters. The van der Waals surface area contributed by atoms with Gasteiger partial charge in [0.1, 0.15) is 5.75 Å². The van der Waals surface area contributed by atoms with Gasteiger partial charge in [-0.1, -0.05) is 0 Å². The molecule has 0 unspecified atom stereocenters. The highest BCUT2D eigenvalue weighted by molar-refractivity contribution is 5.96. The summed E-state index contributed by atoms with van der Waals surface area (Å²) in [7, 11) is 1.25. The van der Waals surface area contributed by atoms with Crippen molar-refractivity contribution in [1.29, 1.82) is 0 Å². The zero-order valence-electron chi connectivity index (χ0n) is 15.3. The summed E-state index contributed by atoms with van der Waals surface area (Å²) in [5.41, 5.74) is 0.440. The predicted octanol–water partition coefficient (Wildman–Crippen LogP) is 3.31. The second-order valence-electron chi connectivity index (χ2n) is 5.62. The first-order chi connectivity index (χ1) is 13.7. The second kappa shape index (κ2) is 9.44. The number of nitrogens with one attached hydrogen (secondary N) is 1. The van der Waals surface area contributed by atoms with E-state index in [4.69, 9.17) is 9.47 Å². The first-order valence-corrected chi connectivity index (χ1v) is 8.06. The van der Waals surface area contributed by atoms with Crippen LogP contribution in [0.3, 0.4) is 0 Å². The zero-order chi connectivity index (χ0) is 21.6. The number of rotatable bonds is 8. The van der Waals surface area contributed by atoms with Gasteiger partial charge in [-0.3, -0.25) is 14.9 Å². The quantitative estimate of drug-likeness (QED) is 0.403. The SMILES string of the molecule is COc1cc(NC(=O)COC(=O)c2ccc(OC(F)F)cc2)c(C)cc1[N+](=O)[O-]. The van der Waals surface area contributed by atoms with E-state index in [9.17, 15) is 28.5 Å². The summed E-state index contributed by atoms with van der Waals surface area (Å²) < 4.78 is 38.2. The summed E-state index contributed by atoms with van der Waals surface area (Å²) in [6, 6.07) is 7.27. The van der Waals surface area contributed by atoms with Gasteiger partial charge in [0.2, 0.25) is 0 Å². The maximum absolute atomic E-state index is 12.1. The fraction of sp³-hybridized carbons (Fsp3) is 0.222. The summed E-state index contributed by atoms with van der Waals surface area (Å²) in [5, 5.41) is 13.5. The van der Waals surface area contributed by atoms with E-state index in [-0.39, 0.29) is 28.4 Å². The van der Waals surface area contributed by atoms with E-state index in [1.165, 1.54) is 31.4 Å². The minimum atomic E-state index is -2.99. The average Bonchev–Trinajstić information content (AvgIpc) is 2.67. The predicted molar refractivity (Wildman–Crippen MR) is 96.4 cm³/mol. The van der Waals surface area contributed by atoms with Gasteiger partial charge in [-0.25, -0.2) is 4.79 Å². The number of nitro groups is 1. The molecule has 0 aliphatic rings. The Morgan fingerprint density at radius 1 is 1.21 bits per heavy atom. The summed E-state index contributed by atoms with van der Waals surface area (Å²) in [5.74, 6) is -1.70. The van der Waals surface area contributed by atoms with Gasteiger partial charge in [-0.2, -0.15) is 8.78 Å². The normalized spacial score (nSPS) is 10.4. The topological polar surface area (TPSA) is 117 Å². The molecule has 0 aliphatic heterocycles. The third kappa shape index (κ3) is 5.86. The number of halogens is 2. The third-order valence-electron chi connectivity index (χ3n) is 3.65. The van der Waals surface area contributed by atoms with E-state index in [2.05, 4.69) is 10.1 Å². The van der Waals surface area contributed by atoms with Crippen molar-refractivity contribution in [3.05, 3.63) is 57.6 Å². The third-order valence-corrected chi connectivity index (χ3v) is 3.65. The number of nitro benzene ring substituents is 1. The Kier molecular flexibility index (Phi) is 7.01. The first-order valence-electron chi connectivity index (χ1n) is 8.06. The number of hydrogen-bond donors (Lipinski definition) is 1. The first kappa shape index (κ1) is 21.5. The molecule has 1 amide bonds.